The molecule has 1 nitrogen and oxygen atoms in total. The number of ether oxygens (including phenoxy) is 1. The van der Waals surface area contributed by atoms with Crippen molar-refractivity contribution in [3.63, 3.8) is 0 Å². The van der Waals surface area contributed by atoms with Gasteiger partial charge in [0, 0.05) is 5.92 Å². The van der Waals surface area contributed by atoms with Gasteiger partial charge in [-0.05, 0) is 0 Å². The van der Waals surface area contributed by atoms with Gasteiger partial charge >= 0.3 is 0 Å². The molecule has 0 spiro atoms. The van der Waals surface area contributed by atoms with Crippen molar-refractivity contribution < 1.29 is 9.13 Å². The van der Waals surface area contributed by atoms with E-state index in [0.717, 1.165) is 0 Å². The van der Waals surface area contributed by atoms with Crippen LogP contribution in [0.15, 0.2) is 0 Å². The Labute approximate surface area is 42.5 Å². The molecule has 1 aliphatic rings. The first-order valence-corrected chi connectivity index (χ1v) is 2.52. The summed E-state index contributed by atoms with van der Waals surface area (Å²) in [7, 11) is 0. The van der Waals surface area contributed by atoms with E-state index in [1.54, 1.807) is 0 Å². The van der Waals surface area contributed by atoms with E-state index in [1.807, 2.05) is 6.92 Å². The van der Waals surface area contributed by atoms with Gasteiger partial charge in [0.1, 0.15) is 6.17 Å². The van der Waals surface area contributed by atoms with Crippen LogP contribution in [0.25, 0.3) is 0 Å². The summed E-state index contributed by atoms with van der Waals surface area (Å²) in [4.78, 5) is 0. The van der Waals surface area contributed by atoms with Gasteiger partial charge < -0.3 is 4.74 Å². The van der Waals surface area contributed by atoms with Crippen LogP contribution < -0.4 is 0 Å². The molecule has 1 aliphatic heterocycles. The minimum absolute atomic E-state index is 0.125. The van der Waals surface area contributed by atoms with E-state index >= 15 is 0 Å². The Bertz CT molecular complexity index is 57.1. The van der Waals surface area contributed by atoms with E-state index in [1.165, 1.54) is 0 Å². The summed E-state index contributed by atoms with van der Waals surface area (Å²) in [6.45, 7) is 2.76. The van der Waals surface area contributed by atoms with Gasteiger partial charge in [-0.1, -0.05) is 6.92 Å². The Morgan fingerprint density at radius 1 is 1.57 bits per heavy atom. The van der Waals surface area contributed by atoms with Gasteiger partial charge in [0.25, 0.3) is 0 Å². The molecule has 2 atom stereocenters. The van der Waals surface area contributed by atoms with Crippen LogP contribution >= 0.6 is 0 Å². The van der Waals surface area contributed by atoms with E-state index in [4.69, 9.17) is 4.74 Å². The minimum atomic E-state index is -0.708. The number of alkyl halides is 1. The molecule has 1 rings (SSSR count). The van der Waals surface area contributed by atoms with Gasteiger partial charge in [-0.25, -0.2) is 4.39 Å². The second-order valence-corrected chi connectivity index (χ2v) is 2.03. The van der Waals surface area contributed by atoms with Crippen molar-refractivity contribution in [2.75, 3.05) is 13.2 Å². The first kappa shape index (κ1) is 5.04. The maximum Gasteiger partial charge on any atom is 0.128 e. The number of hydrogen-bond donors (Lipinski definition) is 0. The predicted octanol–water partition coefficient (Wildman–Crippen LogP) is 0.991. The van der Waals surface area contributed by atoms with E-state index in [2.05, 4.69) is 0 Å². The van der Waals surface area contributed by atoms with Crippen molar-refractivity contribution in [1.29, 1.82) is 0 Å². The summed E-state index contributed by atoms with van der Waals surface area (Å²) in [6.07, 6.45) is -0.708. The fraction of sp³-hybridized carbons (Fsp3) is 1.00. The van der Waals surface area contributed by atoms with Crippen LogP contribution in [0.4, 0.5) is 4.39 Å². The average Bonchev–Trinajstić information content (AvgIpc) is 1.91. The normalized spacial score (nSPS) is 42.0. The number of rotatable bonds is 0. The van der Waals surface area contributed by atoms with Gasteiger partial charge in [-0.2, -0.15) is 0 Å². The van der Waals surface area contributed by atoms with Crippen LogP contribution in [0.5, 0.6) is 0 Å². The molecule has 1 heterocycles. The van der Waals surface area contributed by atoms with E-state index in [-0.39, 0.29) is 5.92 Å². The third kappa shape index (κ3) is 0.911. The molecule has 1 saturated heterocycles. The molecule has 0 saturated carbocycles. The van der Waals surface area contributed by atoms with Gasteiger partial charge in [0.05, 0.1) is 13.2 Å². The third-order valence-corrected chi connectivity index (χ3v) is 1.28. The molecule has 0 bridgehead atoms. The maximum atomic E-state index is 12.2. The molecule has 1 fully saturated rings. The average molecular weight is 104 g/mol. The molecule has 0 N–H and O–H groups in total. The number of halogens is 1. The lowest BCUT2D eigenvalue weighted by molar-refractivity contribution is 0.172. The molecule has 2 heteroatoms. The standard InChI is InChI=1S/C5H9FO/c1-4-2-7-3-5(4)6/h4-5H,2-3H2,1H3/t4-,5?/m0/s1. The van der Waals surface area contributed by atoms with Gasteiger partial charge in [-0.15, -0.1) is 0 Å². The van der Waals surface area contributed by atoms with Gasteiger partial charge in [0.2, 0.25) is 0 Å². The SMILES string of the molecule is C[C@H]1COCC1F. The quantitative estimate of drug-likeness (QED) is 0.445. The highest BCUT2D eigenvalue weighted by atomic mass is 19.1. The van der Waals surface area contributed by atoms with Gasteiger partial charge in [-0.3, -0.25) is 0 Å². The van der Waals surface area contributed by atoms with Crippen molar-refractivity contribution in [3.05, 3.63) is 0 Å². The Balaban J connectivity index is 2.33. The smallest absolute Gasteiger partial charge is 0.128 e. The third-order valence-electron chi connectivity index (χ3n) is 1.28. The van der Waals surface area contributed by atoms with Gasteiger partial charge in [0.15, 0.2) is 0 Å². The first-order chi connectivity index (χ1) is 3.30. The Morgan fingerprint density at radius 3 is 2.43 bits per heavy atom. The molecule has 0 aliphatic carbocycles. The van der Waals surface area contributed by atoms with E-state index in [9.17, 15) is 4.39 Å². The second-order valence-electron chi connectivity index (χ2n) is 2.03. The molecule has 0 amide bonds. The van der Waals surface area contributed by atoms with Crippen LogP contribution in [0.1, 0.15) is 6.92 Å². The van der Waals surface area contributed by atoms with E-state index in [0.29, 0.717) is 13.2 Å². The molecular formula is C5H9FO. The van der Waals surface area contributed by atoms with Crippen LogP contribution in [0, 0.1) is 5.92 Å². The Morgan fingerprint density at radius 2 is 2.29 bits per heavy atom. The summed E-state index contributed by atoms with van der Waals surface area (Å²) in [5.41, 5.74) is 0. The van der Waals surface area contributed by atoms with Crippen molar-refractivity contribution in [1.82, 2.24) is 0 Å². The molecule has 42 valence electrons. The van der Waals surface area contributed by atoms with E-state index < -0.39 is 6.17 Å². The first-order valence-electron chi connectivity index (χ1n) is 2.52. The molecule has 1 unspecified atom stereocenters. The van der Waals surface area contributed by atoms with Crippen LogP contribution in [-0.2, 0) is 4.74 Å². The maximum absolute atomic E-state index is 12.2. The van der Waals surface area contributed by atoms with Crippen molar-refractivity contribution in [2.24, 2.45) is 5.92 Å². The predicted molar refractivity (Wildman–Crippen MR) is 24.9 cm³/mol. The summed E-state index contributed by atoms with van der Waals surface area (Å²) in [5.74, 6) is 0.125. The lowest BCUT2D eigenvalue weighted by Gasteiger charge is -1.97. The molecule has 0 radical (unpaired) electrons. The fourth-order valence-electron chi connectivity index (χ4n) is 0.635. The molecular weight excluding hydrogens is 95.1 g/mol. The van der Waals surface area contributed by atoms with Crippen LogP contribution in [0.3, 0.4) is 0 Å². The molecule has 0 aromatic heterocycles. The van der Waals surface area contributed by atoms with Crippen molar-refractivity contribution in [2.45, 2.75) is 13.1 Å². The zero-order valence-electron chi connectivity index (χ0n) is 4.36. The second kappa shape index (κ2) is 1.78. The fourth-order valence-corrected chi connectivity index (χ4v) is 0.635. The van der Waals surface area contributed by atoms with Crippen LogP contribution in [0.2, 0.25) is 0 Å². The summed E-state index contributed by atoms with van der Waals surface area (Å²) < 4.78 is 17.0. The number of hydrogen-bond acceptors (Lipinski definition) is 1. The Kier molecular flexibility index (Phi) is 1.28. The molecule has 7 heavy (non-hydrogen) atoms. The topological polar surface area (TPSA) is 9.23 Å². The minimum Gasteiger partial charge on any atom is -0.378 e. The highest BCUT2D eigenvalue weighted by Gasteiger charge is 2.22. The van der Waals surface area contributed by atoms with Crippen molar-refractivity contribution in [3.8, 4) is 0 Å². The highest BCUT2D eigenvalue weighted by Crippen LogP contribution is 2.14. The molecule has 0 aromatic carbocycles. The van der Waals surface area contributed by atoms with Crippen molar-refractivity contribution >= 4 is 0 Å². The summed E-state index contributed by atoms with van der Waals surface area (Å²) >= 11 is 0. The zero-order chi connectivity index (χ0) is 5.28. The lowest BCUT2D eigenvalue weighted by Crippen LogP contribution is -2.07. The highest BCUT2D eigenvalue weighted by molar-refractivity contribution is 4.68. The lowest BCUT2D eigenvalue weighted by atomic mass is 10.1. The Hall–Kier alpha value is -0.110. The monoisotopic (exact) mass is 104 g/mol. The largest absolute Gasteiger partial charge is 0.378 e. The summed E-state index contributed by atoms with van der Waals surface area (Å²) in [5, 5.41) is 0. The zero-order valence-corrected chi connectivity index (χ0v) is 4.36. The van der Waals surface area contributed by atoms with Crippen LogP contribution in [-0.4, -0.2) is 19.4 Å². The molecule has 0 aromatic rings. The summed E-state index contributed by atoms with van der Waals surface area (Å²) in [6, 6.07) is 0.